The van der Waals surface area contributed by atoms with Crippen molar-refractivity contribution in [1.29, 1.82) is 0 Å². The predicted molar refractivity (Wildman–Crippen MR) is 91.2 cm³/mol. The smallest absolute Gasteiger partial charge is 0.317 e. The van der Waals surface area contributed by atoms with E-state index in [1.54, 1.807) is 11.0 Å². The average Bonchev–Trinajstić information content (AvgIpc) is 2.78. The number of nitrogens with zero attached hydrogens (tertiary/aromatic N) is 2. The summed E-state index contributed by atoms with van der Waals surface area (Å²) in [5, 5.41) is 2.88. The number of hydrogen-bond donors (Lipinski definition) is 1. The number of carbonyl (C=O) groups excluding carboxylic acids is 2. The van der Waals surface area contributed by atoms with Gasteiger partial charge >= 0.3 is 6.03 Å². The van der Waals surface area contributed by atoms with Gasteiger partial charge in [-0.1, -0.05) is 12.1 Å². The molecule has 132 valence electrons. The first-order chi connectivity index (χ1) is 11.5. The SMILES string of the molecule is CC(C)NC(=O)N1CCCN(C(=O)CCc2cccc(F)c2)CC1. The van der Waals surface area contributed by atoms with Crippen LogP contribution in [0.3, 0.4) is 0 Å². The maximum absolute atomic E-state index is 13.2. The number of amides is 3. The van der Waals surface area contributed by atoms with Crippen LogP contribution in [0.1, 0.15) is 32.3 Å². The molecule has 0 spiro atoms. The lowest BCUT2D eigenvalue weighted by Gasteiger charge is -2.23. The molecule has 0 aromatic heterocycles. The fourth-order valence-electron chi connectivity index (χ4n) is 2.81. The van der Waals surface area contributed by atoms with Gasteiger partial charge in [0.25, 0.3) is 0 Å². The second-order valence-corrected chi connectivity index (χ2v) is 6.46. The zero-order chi connectivity index (χ0) is 17.5. The van der Waals surface area contributed by atoms with Gasteiger partial charge in [-0.3, -0.25) is 4.79 Å². The van der Waals surface area contributed by atoms with Crippen molar-refractivity contribution in [1.82, 2.24) is 15.1 Å². The topological polar surface area (TPSA) is 52.7 Å². The number of nitrogens with one attached hydrogen (secondary N) is 1. The first-order valence-corrected chi connectivity index (χ1v) is 8.53. The van der Waals surface area contributed by atoms with E-state index in [0.29, 0.717) is 39.0 Å². The number of hydrogen-bond acceptors (Lipinski definition) is 2. The summed E-state index contributed by atoms with van der Waals surface area (Å²) in [6, 6.07) is 6.39. The van der Waals surface area contributed by atoms with Gasteiger partial charge < -0.3 is 15.1 Å². The number of benzene rings is 1. The average molecular weight is 335 g/mol. The molecule has 1 N–H and O–H groups in total. The number of urea groups is 1. The molecule has 1 aliphatic heterocycles. The largest absolute Gasteiger partial charge is 0.341 e. The lowest BCUT2D eigenvalue weighted by Crippen LogP contribution is -2.44. The Balaban J connectivity index is 1.82. The first-order valence-electron chi connectivity index (χ1n) is 8.53. The van der Waals surface area contributed by atoms with Gasteiger partial charge in [0.15, 0.2) is 0 Å². The molecule has 1 aromatic rings. The van der Waals surface area contributed by atoms with Crippen LogP contribution in [0.5, 0.6) is 0 Å². The van der Waals surface area contributed by atoms with Crippen molar-refractivity contribution in [3.63, 3.8) is 0 Å². The molecule has 0 unspecified atom stereocenters. The molecule has 0 bridgehead atoms. The van der Waals surface area contributed by atoms with Crippen molar-refractivity contribution >= 4 is 11.9 Å². The highest BCUT2D eigenvalue weighted by molar-refractivity contribution is 5.77. The Labute approximate surface area is 142 Å². The molecule has 1 fully saturated rings. The van der Waals surface area contributed by atoms with E-state index >= 15 is 0 Å². The summed E-state index contributed by atoms with van der Waals surface area (Å²) < 4.78 is 13.2. The van der Waals surface area contributed by atoms with Gasteiger partial charge in [0.05, 0.1) is 0 Å². The minimum atomic E-state index is -0.276. The molecular formula is C18H26FN3O2. The number of carbonyl (C=O) groups is 2. The minimum absolute atomic E-state index is 0.0605. The third-order valence-electron chi connectivity index (χ3n) is 4.06. The highest BCUT2D eigenvalue weighted by atomic mass is 19.1. The van der Waals surface area contributed by atoms with Crippen LogP contribution in [0.25, 0.3) is 0 Å². The van der Waals surface area contributed by atoms with Crippen LogP contribution in [-0.4, -0.2) is 54.0 Å². The Morgan fingerprint density at radius 3 is 2.58 bits per heavy atom. The van der Waals surface area contributed by atoms with Crippen molar-refractivity contribution in [2.75, 3.05) is 26.2 Å². The summed E-state index contributed by atoms with van der Waals surface area (Å²) in [6.07, 6.45) is 1.67. The summed E-state index contributed by atoms with van der Waals surface area (Å²) in [6.45, 7) is 6.27. The predicted octanol–water partition coefficient (Wildman–Crippen LogP) is 2.41. The normalized spacial score (nSPS) is 15.3. The Hall–Kier alpha value is -2.11. The molecule has 1 heterocycles. The summed E-state index contributed by atoms with van der Waals surface area (Å²) in [5.41, 5.74) is 0.830. The third kappa shape index (κ3) is 5.51. The number of rotatable bonds is 4. The van der Waals surface area contributed by atoms with Crippen molar-refractivity contribution in [3.05, 3.63) is 35.6 Å². The summed E-state index contributed by atoms with van der Waals surface area (Å²) in [5.74, 6) is -0.216. The van der Waals surface area contributed by atoms with Gasteiger partial charge in [-0.2, -0.15) is 0 Å². The highest BCUT2D eigenvalue weighted by Gasteiger charge is 2.22. The van der Waals surface area contributed by atoms with Gasteiger partial charge in [-0.25, -0.2) is 9.18 Å². The summed E-state index contributed by atoms with van der Waals surface area (Å²) in [7, 11) is 0. The molecular weight excluding hydrogens is 309 g/mol. The van der Waals surface area contributed by atoms with Crippen molar-refractivity contribution < 1.29 is 14.0 Å². The van der Waals surface area contributed by atoms with E-state index in [-0.39, 0.29) is 23.8 Å². The molecule has 6 heteroatoms. The van der Waals surface area contributed by atoms with Crippen LogP contribution in [0.4, 0.5) is 9.18 Å². The van der Waals surface area contributed by atoms with E-state index in [9.17, 15) is 14.0 Å². The van der Waals surface area contributed by atoms with Crippen LogP contribution >= 0.6 is 0 Å². The molecule has 5 nitrogen and oxygen atoms in total. The fraction of sp³-hybridized carbons (Fsp3) is 0.556. The van der Waals surface area contributed by atoms with Crippen molar-refractivity contribution in [2.45, 2.75) is 39.2 Å². The molecule has 1 aromatic carbocycles. The van der Waals surface area contributed by atoms with Crippen LogP contribution in [0, 0.1) is 5.82 Å². The van der Waals surface area contributed by atoms with Crippen molar-refractivity contribution in [2.24, 2.45) is 0 Å². The molecule has 0 saturated carbocycles. The summed E-state index contributed by atoms with van der Waals surface area (Å²) >= 11 is 0. The standard InChI is InChI=1S/C18H26FN3O2/c1-14(2)20-18(24)22-10-4-9-21(11-12-22)17(23)8-7-15-5-3-6-16(19)13-15/h3,5-6,13-14H,4,7-12H2,1-2H3,(H,20,24). The second kappa shape index (κ2) is 8.66. The Morgan fingerprint density at radius 2 is 1.88 bits per heavy atom. The maximum atomic E-state index is 13.2. The van der Waals surface area contributed by atoms with E-state index in [1.807, 2.05) is 24.8 Å². The molecule has 24 heavy (non-hydrogen) atoms. The van der Waals surface area contributed by atoms with E-state index in [2.05, 4.69) is 5.32 Å². The molecule has 0 radical (unpaired) electrons. The lowest BCUT2D eigenvalue weighted by molar-refractivity contribution is -0.131. The van der Waals surface area contributed by atoms with Crippen molar-refractivity contribution in [3.8, 4) is 0 Å². The molecule has 2 rings (SSSR count). The van der Waals surface area contributed by atoms with Crippen LogP contribution < -0.4 is 5.32 Å². The van der Waals surface area contributed by atoms with Crippen LogP contribution in [0.15, 0.2) is 24.3 Å². The Kier molecular flexibility index (Phi) is 6.58. The van der Waals surface area contributed by atoms with E-state index in [0.717, 1.165) is 12.0 Å². The molecule has 3 amide bonds. The lowest BCUT2D eigenvalue weighted by atomic mass is 10.1. The zero-order valence-electron chi connectivity index (χ0n) is 14.4. The Bertz CT molecular complexity index is 577. The van der Waals surface area contributed by atoms with E-state index in [4.69, 9.17) is 0 Å². The first kappa shape index (κ1) is 18.2. The van der Waals surface area contributed by atoms with Gasteiger partial charge in [-0.15, -0.1) is 0 Å². The number of halogens is 1. The molecule has 1 aliphatic rings. The van der Waals surface area contributed by atoms with Crippen LogP contribution in [-0.2, 0) is 11.2 Å². The van der Waals surface area contributed by atoms with E-state index in [1.165, 1.54) is 12.1 Å². The van der Waals surface area contributed by atoms with Gasteiger partial charge in [-0.05, 0) is 44.4 Å². The van der Waals surface area contributed by atoms with Gasteiger partial charge in [0.1, 0.15) is 5.82 Å². The summed E-state index contributed by atoms with van der Waals surface area (Å²) in [4.78, 5) is 28.0. The monoisotopic (exact) mass is 335 g/mol. The highest BCUT2D eigenvalue weighted by Crippen LogP contribution is 2.10. The van der Waals surface area contributed by atoms with E-state index < -0.39 is 0 Å². The van der Waals surface area contributed by atoms with Gasteiger partial charge in [0.2, 0.25) is 5.91 Å². The molecule has 1 saturated heterocycles. The zero-order valence-corrected chi connectivity index (χ0v) is 14.4. The molecule has 0 atom stereocenters. The third-order valence-corrected chi connectivity index (χ3v) is 4.06. The second-order valence-electron chi connectivity index (χ2n) is 6.46. The fourth-order valence-corrected chi connectivity index (χ4v) is 2.81. The minimum Gasteiger partial charge on any atom is -0.341 e. The van der Waals surface area contributed by atoms with Gasteiger partial charge in [0, 0.05) is 38.6 Å². The maximum Gasteiger partial charge on any atom is 0.317 e. The van der Waals surface area contributed by atoms with Crippen LogP contribution in [0.2, 0.25) is 0 Å². The quantitative estimate of drug-likeness (QED) is 0.919. The number of aryl methyl sites for hydroxylation is 1. The Morgan fingerprint density at radius 1 is 1.17 bits per heavy atom. The molecule has 0 aliphatic carbocycles.